The van der Waals surface area contributed by atoms with Crippen LogP contribution in [-0.2, 0) is 9.47 Å². The van der Waals surface area contributed by atoms with Crippen molar-refractivity contribution in [2.75, 3.05) is 0 Å². The molecule has 27 heavy (non-hydrogen) atoms. The van der Waals surface area contributed by atoms with Gasteiger partial charge in [0.05, 0.1) is 24.1 Å². The third-order valence-corrected chi connectivity index (χ3v) is 5.90. The van der Waals surface area contributed by atoms with Crippen molar-refractivity contribution in [3.05, 3.63) is 35.4 Å². The predicted octanol–water partition coefficient (Wildman–Crippen LogP) is 4.14. The minimum atomic E-state index is -1.87. The maximum atomic E-state index is 10.2. The van der Waals surface area contributed by atoms with Gasteiger partial charge in [0.2, 0.25) is 17.1 Å². The van der Waals surface area contributed by atoms with Crippen LogP contribution in [0.3, 0.4) is 0 Å². The molecule has 2 bridgehead atoms. The molecule has 6 heteroatoms. The Morgan fingerprint density at radius 3 is 2.37 bits per heavy atom. The van der Waals surface area contributed by atoms with Gasteiger partial charge < -0.3 is 9.47 Å². The number of hydrogen-bond acceptors (Lipinski definition) is 6. The summed E-state index contributed by atoms with van der Waals surface area (Å²) < 4.78 is 12.3. The summed E-state index contributed by atoms with van der Waals surface area (Å²) in [6, 6.07) is 13.7. The van der Waals surface area contributed by atoms with E-state index in [0.717, 1.165) is 12.0 Å². The fourth-order valence-electron chi connectivity index (χ4n) is 4.80. The van der Waals surface area contributed by atoms with Crippen LogP contribution in [0.15, 0.2) is 24.3 Å². The van der Waals surface area contributed by atoms with Gasteiger partial charge in [-0.05, 0) is 25.3 Å². The highest BCUT2D eigenvalue weighted by atomic mass is 16.7. The summed E-state index contributed by atoms with van der Waals surface area (Å²) in [6.07, 6.45) is 0.677. The predicted molar refractivity (Wildman–Crippen MR) is 96.9 cm³/mol. The number of ether oxygens (including phenoxy) is 2. The molecule has 3 rings (SSSR count). The smallest absolute Gasteiger partial charge is 0.217 e. The number of nitrogens with one attached hydrogen (secondary N) is 1. The van der Waals surface area contributed by atoms with Gasteiger partial charge in [-0.1, -0.05) is 43.7 Å². The second-order valence-corrected chi connectivity index (χ2v) is 7.32. The van der Waals surface area contributed by atoms with Crippen LogP contribution in [0, 0.1) is 63.1 Å². The van der Waals surface area contributed by atoms with Gasteiger partial charge in [0.25, 0.3) is 0 Å². The molecule has 4 atom stereocenters. The number of hydrogen-bond donors (Lipinski definition) is 1. The van der Waals surface area contributed by atoms with Gasteiger partial charge in [0, 0.05) is 6.42 Å². The molecule has 1 aromatic carbocycles. The zero-order valence-electron chi connectivity index (χ0n) is 15.7. The van der Waals surface area contributed by atoms with Crippen molar-refractivity contribution in [2.45, 2.75) is 51.9 Å². The van der Waals surface area contributed by atoms with Gasteiger partial charge in [0.15, 0.2) is 5.41 Å². The van der Waals surface area contributed by atoms with E-state index < -0.39 is 28.6 Å². The molecular formula is C21H22N4O2. The normalized spacial score (nSPS) is 33.4. The van der Waals surface area contributed by atoms with E-state index >= 15 is 0 Å². The topological polar surface area (TPSA) is 114 Å². The van der Waals surface area contributed by atoms with Crippen molar-refractivity contribution < 1.29 is 9.47 Å². The summed E-state index contributed by atoms with van der Waals surface area (Å²) >= 11 is 0. The molecule has 2 aliphatic heterocycles. The Hall–Kier alpha value is -2.88. The van der Waals surface area contributed by atoms with Gasteiger partial charge >= 0.3 is 0 Å². The van der Waals surface area contributed by atoms with E-state index in [4.69, 9.17) is 14.9 Å². The second-order valence-electron chi connectivity index (χ2n) is 7.32. The van der Waals surface area contributed by atoms with Crippen LogP contribution in [-0.4, -0.2) is 11.7 Å². The molecule has 2 saturated heterocycles. The van der Waals surface area contributed by atoms with E-state index in [-0.39, 0.29) is 5.90 Å². The van der Waals surface area contributed by atoms with E-state index in [1.165, 1.54) is 0 Å². The van der Waals surface area contributed by atoms with E-state index in [1.807, 2.05) is 39.0 Å². The SMILES string of the molecule is CCCC12OC(=N)C(C#N)(C1CC)C(C#N)(C#N)C(c1cccc(C)c1)O2. The summed E-state index contributed by atoms with van der Waals surface area (Å²) in [4.78, 5) is 0. The average molecular weight is 362 g/mol. The summed E-state index contributed by atoms with van der Waals surface area (Å²) in [7, 11) is 0. The fourth-order valence-corrected chi connectivity index (χ4v) is 4.80. The molecule has 0 radical (unpaired) electrons. The molecule has 2 aliphatic rings. The molecule has 6 nitrogen and oxygen atoms in total. The average Bonchev–Trinajstić information content (AvgIpc) is 2.85. The minimum Gasteiger partial charge on any atom is -0.447 e. The van der Waals surface area contributed by atoms with Crippen molar-refractivity contribution in [3.63, 3.8) is 0 Å². The van der Waals surface area contributed by atoms with Gasteiger partial charge in [-0.25, -0.2) is 0 Å². The summed E-state index contributed by atoms with van der Waals surface area (Å²) in [6.45, 7) is 5.76. The third kappa shape index (κ3) is 2.16. The van der Waals surface area contributed by atoms with Crippen LogP contribution in [0.4, 0.5) is 0 Å². The van der Waals surface area contributed by atoms with Crippen molar-refractivity contribution in [1.29, 1.82) is 21.2 Å². The Kier molecular flexibility index (Phi) is 4.46. The fraction of sp³-hybridized carbons (Fsp3) is 0.524. The molecule has 0 amide bonds. The first-order chi connectivity index (χ1) is 12.9. The Balaban J connectivity index is 2.35. The number of nitrogens with zero attached hydrogens (tertiary/aromatic N) is 3. The molecule has 2 heterocycles. The molecule has 4 unspecified atom stereocenters. The van der Waals surface area contributed by atoms with Crippen molar-refractivity contribution in [3.8, 4) is 18.2 Å². The van der Waals surface area contributed by atoms with Gasteiger partial charge in [-0.15, -0.1) is 0 Å². The first kappa shape index (κ1) is 18.9. The highest BCUT2D eigenvalue weighted by Gasteiger charge is 2.79. The Morgan fingerprint density at radius 2 is 1.85 bits per heavy atom. The molecular weight excluding hydrogens is 340 g/mol. The Labute approximate surface area is 159 Å². The van der Waals surface area contributed by atoms with Crippen molar-refractivity contribution in [2.24, 2.45) is 16.7 Å². The van der Waals surface area contributed by atoms with Gasteiger partial charge in [0.1, 0.15) is 6.10 Å². The second kappa shape index (κ2) is 6.38. The summed E-state index contributed by atoms with van der Waals surface area (Å²) in [5.41, 5.74) is -1.95. The van der Waals surface area contributed by atoms with Gasteiger partial charge in [-0.3, -0.25) is 5.41 Å². The van der Waals surface area contributed by atoms with Crippen LogP contribution in [0.2, 0.25) is 0 Å². The zero-order valence-corrected chi connectivity index (χ0v) is 15.7. The number of aryl methyl sites for hydroxylation is 1. The Bertz CT molecular complexity index is 892. The molecule has 0 saturated carbocycles. The molecule has 2 fully saturated rings. The monoisotopic (exact) mass is 362 g/mol. The van der Waals surface area contributed by atoms with Crippen LogP contribution in [0.1, 0.15) is 50.3 Å². The van der Waals surface area contributed by atoms with Crippen LogP contribution < -0.4 is 0 Å². The number of rotatable bonds is 4. The van der Waals surface area contributed by atoms with Crippen LogP contribution >= 0.6 is 0 Å². The van der Waals surface area contributed by atoms with Gasteiger partial charge in [-0.2, -0.15) is 15.8 Å². The Morgan fingerprint density at radius 1 is 1.15 bits per heavy atom. The minimum absolute atomic E-state index is 0.330. The van der Waals surface area contributed by atoms with Crippen molar-refractivity contribution >= 4 is 5.90 Å². The highest BCUT2D eigenvalue weighted by Crippen LogP contribution is 2.68. The largest absolute Gasteiger partial charge is 0.447 e. The maximum Gasteiger partial charge on any atom is 0.217 e. The molecule has 138 valence electrons. The number of fused-ring (bicyclic) bond motifs is 2. The lowest BCUT2D eigenvalue weighted by atomic mass is 9.52. The summed E-state index contributed by atoms with van der Waals surface area (Å²) in [5.74, 6) is -2.08. The number of nitriles is 3. The van der Waals surface area contributed by atoms with E-state index in [2.05, 4.69) is 18.2 Å². The molecule has 1 aromatic rings. The van der Waals surface area contributed by atoms with E-state index in [1.54, 1.807) is 6.07 Å². The van der Waals surface area contributed by atoms with Crippen LogP contribution in [0.25, 0.3) is 0 Å². The lowest BCUT2D eigenvalue weighted by Crippen LogP contribution is -2.59. The lowest BCUT2D eigenvalue weighted by molar-refractivity contribution is -0.286. The first-order valence-electron chi connectivity index (χ1n) is 9.17. The summed E-state index contributed by atoms with van der Waals surface area (Å²) in [5, 5.41) is 39.0. The molecule has 0 aliphatic carbocycles. The van der Waals surface area contributed by atoms with E-state index in [9.17, 15) is 15.8 Å². The number of benzene rings is 1. The van der Waals surface area contributed by atoms with E-state index in [0.29, 0.717) is 18.4 Å². The maximum absolute atomic E-state index is 10.2. The standard InChI is InChI=1S/C21H22N4O2/c1-4-9-21-16(5-2)20(13-24,18(25)27-21)19(11-22,12-23)17(26-21)15-8-6-7-14(3)10-15/h6-8,10,16-17,25H,4-5,9H2,1-3H3. The van der Waals surface area contributed by atoms with Crippen LogP contribution in [0.5, 0.6) is 0 Å². The first-order valence-corrected chi connectivity index (χ1v) is 9.17. The van der Waals surface area contributed by atoms with Crippen molar-refractivity contribution in [1.82, 2.24) is 0 Å². The quantitative estimate of drug-likeness (QED) is 0.864. The molecule has 1 N–H and O–H groups in total. The third-order valence-electron chi connectivity index (χ3n) is 5.90. The molecule has 0 spiro atoms. The molecule has 0 aromatic heterocycles. The lowest BCUT2D eigenvalue weighted by Gasteiger charge is -2.49. The highest BCUT2D eigenvalue weighted by molar-refractivity contribution is 5.89. The zero-order chi connectivity index (χ0) is 19.9.